The lowest BCUT2D eigenvalue weighted by Crippen LogP contribution is -2.50. The van der Waals surface area contributed by atoms with Crippen molar-refractivity contribution in [3.05, 3.63) is 0 Å². The van der Waals surface area contributed by atoms with Gasteiger partial charge in [-0.05, 0) is 47.0 Å². The lowest BCUT2D eigenvalue weighted by molar-refractivity contribution is -0.134. The molecule has 0 aliphatic carbocycles. The minimum atomic E-state index is -0.586. The van der Waals surface area contributed by atoms with Crippen LogP contribution in [0.2, 0.25) is 0 Å². The number of β-amino-alcohol motifs (C(OH)–C–C–N with tert-alkyl or cyclic N) is 1. The minimum Gasteiger partial charge on any atom is -0.444 e. The van der Waals surface area contributed by atoms with E-state index in [1.807, 2.05) is 0 Å². The lowest BCUT2D eigenvalue weighted by Gasteiger charge is -2.27. The van der Waals surface area contributed by atoms with Crippen LogP contribution in [0.25, 0.3) is 0 Å². The molecular formula is C14H26N2O4. The van der Waals surface area contributed by atoms with E-state index in [0.717, 1.165) is 12.8 Å². The van der Waals surface area contributed by atoms with Crippen LogP contribution < -0.4 is 5.32 Å². The van der Waals surface area contributed by atoms with Crippen LogP contribution in [0, 0.1) is 0 Å². The number of ether oxygens (including phenoxy) is 1. The zero-order chi connectivity index (χ0) is 15.3. The summed E-state index contributed by atoms with van der Waals surface area (Å²) in [6.45, 7) is 7.90. The number of amides is 2. The smallest absolute Gasteiger partial charge is 0.408 e. The third-order valence-electron chi connectivity index (χ3n) is 2.96. The Morgan fingerprint density at radius 3 is 2.70 bits per heavy atom. The van der Waals surface area contributed by atoms with Gasteiger partial charge >= 0.3 is 6.09 Å². The highest BCUT2D eigenvalue weighted by Crippen LogP contribution is 2.14. The molecule has 0 aromatic carbocycles. The van der Waals surface area contributed by atoms with E-state index < -0.39 is 23.8 Å². The molecule has 1 aliphatic heterocycles. The van der Waals surface area contributed by atoms with Crippen molar-refractivity contribution < 1.29 is 19.4 Å². The zero-order valence-electron chi connectivity index (χ0n) is 12.8. The van der Waals surface area contributed by atoms with Gasteiger partial charge in [0.2, 0.25) is 5.91 Å². The first-order valence-corrected chi connectivity index (χ1v) is 7.15. The summed E-state index contributed by atoms with van der Waals surface area (Å²) >= 11 is 0. The molecule has 2 amide bonds. The molecule has 0 saturated carbocycles. The van der Waals surface area contributed by atoms with Crippen LogP contribution >= 0.6 is 0 Å². The Bertz CT molecular complexity index is 350. The quantitative estimate of drug-likeness (QED) is 0.819. The Morgan fingerprint density at radius 1 is 1.50 bits per heavy atom. The number of alkyl carbamates (subject to hydrolysis) is 1. The van der Waals surface area contributed by atoms with Gasteiger partial charge in [-0.15, -0.1) is 0 Å². The van der Waals surface area contributed by atoms with Gasteiger partial charge in [-0.3, -0.25) is 4.79 Å². The number of aliphatic hydroxyl groups is 1. The normalized spacial score (nSPS) is 22.1. The number of carbonyl (C=O) groups is 2. The Balaban J connectivity index is 2.63. The number of nitrogens with one attached hydrogen (secondary N) is 1. The summed E-state index contributed by atoms with van der Waals surface area (Å²) in [6.07, 6.45) is 1.20. The van der Waals surface area contributed by atoms with Crippen LogP contribution in [0.3, 0.4) is 0 Å². The fourth-order valence-corrected chi connectivity index (χ4v) is 2.19. The van der Waals surface area contributed by atoms with Gasteiger partial charge in [-0.1, -0.05) is 0 Å². The molecule has 1 aliphatic rings. The molecular weight excluding hydrogens is 260 g/mol. The molecule has 0 radical (unpaired) electrons. The molecule has 6 nitrogen and oxygen atoms in total. The van der Waals surface area contributed by atoms with E-state index in [1.54, 1.807) is 32.6 Å². The highest BCUT2D eigenvalue weighted by atomic mass is 16.6. The maximum Gasteiger partial charge on any atom is 0.408 e. The number of hydrogen-bond acceptors (Lipinski definition) is 4. The number of nitrogens with zero attached hydrogens (tertiary/aromatic N) is 1. The van der Waals surface area contributed by atoms with Crippen molar-refractivity contribution in [1.29, 1.82) is 0 Å². The monoisotopic (exact) mass is 286 g/mol. The largest absolute Gasteiger partial charge is 0.444 e. The van der Waals surface area contributed by atoms with Crippen molar-refractivity contribution >= 4 is 12.0 Å². The molecule has 6 heteroatoms. The topological polar surface area (TPSA) is 78.9 Å². The third-order valence-corrected chi connectivity index (χ3v) is 2.96. The standard InChI is InChI=1S/C14H26N2O4/c1-10(17)9-16-8-6-5-7-11(12(16)18)15-13(19)20-14(2,3)4/h10-11,17H,5-9H2,1-4H3,(H,15,19). The molecule has 2 unspecified atom stereocenters. The molecule has 1 saturated heterocycles. The molecule has 116 valence electrons. The molecule has 2 N–H and O–H groups in total. The van der Waals surface area contributed by atoms with Gasteiger partial charge < -0.3 is 20.1 Å². The average molecular weight is 286 g/mol. The van der Waals surface area contributed by atoms with Crippen molar-refractivity contribution in [3.8, 4) is 0 Å². The second kappa shape index (κ2) is 6.92. The van der Waals surface area contributed by atoms with E-state index >= 15 is 0 Å². The van der Waals surface area contributed by atoms with Crippen molar-refractivity contribution in [3.63, 3.8) is 0 Å². The Kier molecular flexibility index (Phi) is 5.80. The number of rotatable bonds is 3. The van der Waals surface area contributed by atoms with E-state index in [4.69, 9.17) is 4.74 Å². The first-order chi connectivity index (χ1) is 9.19. The number of aliphatic hydroxyl groups excluding tert-OH is 1. The van der Waals surface area contributed by atoms with E-state index in [0.29, 0.717) is 19.5 Å². The molecule has 0 aromatic heterocycles. The first-order valence-electron chi connectivity index (χ1n) is 7.15. The van der Waals surface area contributed by atoms with E-state index in [-0.39, 0.29) is 5.91 Å². The molecule has 0 aromatic rings. The second-order valence-corrected chi connectivity index (χ2v) is 6.33. The fourth-order valence-electron chi connectivity index (χ4n) is 2.19. The van der Waals surface area contributed by atoms with Crippen LogP contribution in [0.5, 0.6) is 0 Å². The highest BCUT2D eigenvalue weighted by molar-refractivity contribution is 5.86. The van der Waals surface area contributed by atoms with E-state index in [2.05, 4.69) is 5.32 Å². The summed E-state index contributed by atoms with van der Waals surface area (Å²) < 4.78 is 5.18. The van der Waals surface area contributed by atoms with Gasteiger partial charge in [0.25, 0.3) is 0 Å². The van der Waals surface area contributed by atoms with Crippen molar-refractivity contribution in [2.75, 3.05) is 13.1 Å². The minimum absolute atomic E-state index is 0.144. The Hall–Kier alpha value is -1.30. The van der Waals surface area contributed by atoms with Gasteiger partial charge in [-0.2, -0.15) is 0 Å². The van der Waals surface area contributed by atoms with Crippen LogP contribution in [-0.4, -0.2) is 52.8 Å². The average Bonchev–Trinajstić information content (AvgIpc) is 2.41. The van der Waals surface area contributed by atoms with Crippen LogP contribution in [0.1, 0.15) is 47.0 Å². The zero-order valence-corrected chi connectivity index (χ0v) is 12.8. The fraction of sp³-hybridized carbons (Fsp3) is 0.857. The molecule has 1 heterocycles. The predicted molar refractivity (Wildman–Crippen MR) is 75.3 cm³/mol. The maximum absolute atomic E-state index is 12.3. The summed E-state index contributed by atoms with van der Waals surface area (Å²) in [4.78, 5) is 25.7. The summed E-state index contributed by atoms with van der Waals surface area (Å²) in [5.41, 5.74) is -0.586. The number of likely N-dealkylation sites (tertiary alicyclic amines) is 1. The summed E-state index contributed by atoms with van der Waals surface area (Å²) in [5.74, 6) is -0.144. The molecule has 2 atom stereocenters. The highest BCUT2D eigenvalue weighted by Gasteiger charge is 2.30. The molecule has 20 heavy (non-hydrogen) atoms. The van der Waals surface area contributed by atoms with Gasteiger partial charge in [0.1, 0.15) is 11.6 Å². The number of hydrogen-bond donors (Lipinski definition) is 2. The summed E-state index contributed by atoms with van der Waals surface area (Å²) in [7, 11) is 0. The van der Waals surface area contributed by atoms with Crippen LogP contribution in [0.15, 0.2) is 0 Å². The SMILES string of the molecule is CC(O)CN1CCCCC(NC(=O)OC(C)(C)C)C1=O. The van der Waals surface area contributed by atoms with E-state index in [1.165, 1.54) is 0 Å². The molecule has 1 rings (SSSR count). The maximum atomic E-state index is 12.3. The molecule has 0 spiro atoms. The second-order valence-electron chi connectivity index (χ2n) is 6.33. The van der Waals surface area contributed by atoms with Gasteiger partial charge in [-0.25, -0.2) is 4.79 Å². The van der Waals surface area contributed by atoms with Crippen LogP contribution in [-0.2, 0) is 9.53 Å². The summed E-state index contributed by atoms with van der Waals surface area (Å²) in [5, 5.41) is 12.1. The number of carbonyl (C=O) groups excluding carboxylic acids is 2. The van der Waals surface area contributed by atoms with Gasteiger partial charge in [0, 0.05) is 13.1 Å². The molecule has 1 fully saturated rings. The van der Waals surface area contributed by atoms with Crippen molar-refractivity contribution in [2.45, 2.75) is 64.7 Å². The summed E-state index contributed by atoms with van der Waals surface area (Å²) in [6, 6.07) is -0.564. The van der Waals surface area contributed by atoms with Crippen LogP contribution in [0.4, 0.5) is 4.79 Å². The first kappa shape index (κ1) is 16.8. The van der Waals surface area contributed by atoms with Gasteiger partial charge in [0.15, 0.2) is 0 Å². The Labute approximate surface area is 120 Å². The van der Waals surface area contributed by atoms with E-state index in [9.17, 15) is 14.7 Å². The third kappa shape index (κ3) is 5.77. The lowest BCUT2D eigenvalue weighted by atomic mass is 10.1. The van der Waals surface area contributed by atoms with Crippen molar-refractivity contribution in [2.24, 2.45) is 0 Å². The Morgan fingerprint density at radius 2 is 2.15 bits per heavy atom. The van der Waals surface area contributed by atoms with Gasteiger partial charge in [0.05, 0.1) is 6.10 Å². The molecule has 0 bridgehead atoms. The predicted octanol–water partition coefficient (Wildman–Crippen LogP) is 1.27. The van der Waals surface area contributed by atoms with Crippen molar-refractivity contribution in [1.82, 2.24) is 10.2 Å².